The molecule has 0 atom stereocenters. The summed E-state index contributed by atoms with van der Waals surface area (Å²) < 4.78 is 37.5. The van der Waals surface area contributed by atoms with Crippen molar-refractivity contribution in [2.45, 2.75) is 26.9 Å². The highest BCUT2D eigenvalue weighted by Crippen LogP contribution is 2.31. The molecule has 5 heteroatoms. The summed E-state index contributed by atoms with van der Waals surface area (Å²) in [5, 5.41) is 5.77. The first-order chi connectivity index (χ1) is 8.29. The summed E-state index contributed by atoms with van der Waals surface area (Å²) in [6.45, 7) is 5.76. The molecule has 18 heavy (non-hydrogen) atoms. The van der Waals surface area contributed by atoms with Crippen LogP contribution < -0.4 is 0 Å². The van der Waals surface area contributed by atoms with E-state index in [0.717, 1.165) is 28.3 Å². The van der Waals surface area contributed by atoms with Crippen LogP contribution in [0.5, 0.6) is 0 Å². The first-order valence-corrected chi connectivity index (χ1v) is 5.50. The van der Waals surface area contributed by atoms with Gasteiger partial charge in [-0.15, -0.1) is 0 Å². The maximum atomic E-state index is 12.5. The van der Waals surface area contributed by atoms with Crippen molar-refractivity contribution in [2.24, 2.45) is 0 Å². The highest BCUT2D eigenvalue weighted by molar-refractivity contribution is 5.65. The van der Waals surface area contributed by atoms with Gasteiger partial charge in [-0.2, -0.15) is 18.3 Å². The number of H-pyrrole nitrogens is 1. The lowest BCUT2D eigenvalue weighted by atomic mass is 9.99. The molecule has 0 amide bonds. The molecule has 0 radical (unpaired) electrons. The minimum absolute atomic E-state index is 0.322. The molecular formula is C13H13F3N2. The number of aryl methyl sites for hydroxylation is 3. The predicted molar refractivity (Wildman–Crippen MR) is 63.2 cm³/mol. The fourth-order valence-electron chi connectivity index (χ4n) is 1.84. The van der Waals surface area contributed by atoms with E-state index in [2.05, 4.69) is 5.10 Å². The van der Waals surface area contributed by atoms with Crippen LogP contribution in [-0.2, 0) is 6.18 Å². The molecule has 0 saturated carbocycles. The Kier molecular flexibility index (Phi) is 2.92. The molecular weight excluding hydrogens is 241 g/mol. The average Bonchev–Trinajstić information content (AvgIpc) is 2.72. The molecule has 0 aliphatic rings. The molecule has 0 unspecified atom stereocenters. The summed E-state index contributed by atoms with van der Waals surface area (Å²) in [6, 6.07) is 4.85. The molecule has 0 saturated heterocycles. The Labute approximate surface area is 103 Å². The minimum atomic E-state index is -4.39. The van der Waals surface area contributed by atoms with Gasteiger partial charge >= 0.3 is 6.18 Å². The third-order valence-corrected chi connectivity index (χ3v) is 3.00. The number of rotatable bonds is 1. The first-order valence-electron chi connectivity index (χ1n) is 5.50. The van der Waals surface area contributed by atoms with E-state index in [0.29, 0.717) is 5.69 Å². The zero-order valence-corrected chi connectivity index (χ0v) is 10.3. The largest absolute Gasteiger partial charge is 0.432 e. The second kappa shape index (κ2) is 4.15. The van der Waals surface area contributed by atoms with Gasteiger partial charge in [0.05, 0.1) is 5.69 Å². The van der Waals surface area contributed by atoms with Crippen LogP contribution in [0, 0.1) is 20.8 Å². The summed E-state index contributed by atoms with van der Waals surface area (Å²) in [5.74, 6) is 0. The fourth-order valence-corrected chi connectivity index (χ4v) is 1.84. The molecule has 0 aliphatic carbocycles. The molecule has 1 N–H and O–H groups in total. The lowest BCUT2D eigenvalue weighted by molar-refractivity contribution is -0.141. The van der Waals surface area contributed by atoms with E-state index < -0.39 is 11.9 Å². The second-order valence-corrected chi connectivity index (χ2v) is 4.42. The molecule has 2 rings (SSSR count). The zero-order chi connectivity index (χ0) is 13.5. The normalized spacial score (nSPS) is 11.9. The Morgan fingerprint density at radius 1 is 0.944 bits per heavy atom. The minimum Gasteiger partial charge on any atom is -0.273 e. The second-order valence-electron chi connectivity index (χ2n) is 4.42. The van der Waals surface area contributed by atoms with Crippen molar-refractivity contribution < 1.29 is 13.2 Å². The number of hydrogen-bond acceptors (Lipinski definition) is 1. The maximum absolute atomic E-state index is 12.5. The molecule has 0 fully saturated rings. The third-order valence-electron chi connectivity index (χ3n) is 3.00. The lowest BCUT2D eigenvalue weighted by Gasteiger charge is -2.07. The quantitative estimate of drug-likeness (QED) is 0.818. The van der Waals surface area contributed by atoms with Gasteiger partial charge in [0.15, 0.2) is 0 Å². The Hall–Kier alpha value is -1.78. The van der Waals surface area contributed by atoms with Crippen LogP contribution in [0.1, 0.15) is 22.4 Å². The van der Waals surface area contributed by atoms with E-state index in [1.54, 1.807) is 0 Å². The van der Waals surface area contributed by atoms with Gasteiger partial charge in [-0.3, -0.25) is 5.10 Å². The maximum Gasteiger partial charge on any atom is 0.432 e. The molecule has 0 spiro atoms. The fraction of sp³-hybridized carbons (Fsp3) is 0.308. The van der Waals surface area contributed by atoms with E-state index in [1.807, 2.05) is 38.0 Å². The van der Waals surface area contributed by atoms with Crippen LogP contribution in [0.3, 0.4) is 0 Å². The van der Waals surface area contributed by atoms with Crippen molar-refractivity contribution in [3.63, 3.8) is 0 Å². The van der Waals surface area contributed by atoms with Crippen LogP contribution in [0.15, 0.2) is 18.2 Å². The third kappa shape index (κ3) is 2.25. The van der Waals surface area contributed by atoms with Crippen LogP contribution in [0.4, 0.5) is 13.2 Å². The highest BCUT2D eigenvalue weighted by Gasteiger charge is 2.33. The van der Waals surface area contributed by atoms with Crippen LogP contribution in [0.25, 0.3) is 11.3 Å². The van der Waals surface area contributed by atoms with Gasteiger partial charge in [0.25, 0.3) is 0 Å². The van der Waals surface area contributed by atoms with E-state index >= 15 is 0 Å². The smallest absolute Gasteiger partial charge is 0.273 e. The number of halogens is 3. The number of aromatic nitrogens is 2. The van der Waals surface area contributed by atoms with Crippen LogP contribution in [-0.4, -0.2) is 10.2 Å². The number of nitrogens with one attached hydrogen (secondary N) is 1. The summed E-state index contributed by atoms with van der Waals surface area (Å²) in [5.41, 5.74) is 3.29. The Balaban J connectivity index is 2.50. The monoisotopic (exact) mass is 254 g/mol. The van der Waals surface area contributed by atoms with Crippen molar-refractivity contribution in [3.8, 4) is 11.3 Å². The molecule has 1 heterocycles. The molecule has 0 aliphatic heterocycles. The van der Waals surface area contributed by atoms with Gasteiger partial charge in [-0.05, 0) is 49.6 Å². The Morgan fingerprint density at radius 2 is 1.56 bits per heavy atom. The van der Waals surface area contributed by atoms with E-state index in [9.17, 15) is 13.2 Å². The van der Waals surface area contributed by atoms with E-state index in [1.165, 1.54) is 0 Å². The van der Waals surface area contributed by atoms with Crippen molar-refractivity contribution >= 4 is 0 Å². The summed E-state index contributed by atoms with van der Waals surface area (Å²) in [4.78, 5) is 0. The number of alkyl halides is 3. The molecule has 96 valence electrons. The Morgan fingerprint density at radius 3 is 2.11 bits per heavy atom. The molecule has 2 nitrogen and oxygen atoms in total. The topological polar surface area (TPSA) is 28.7 Å². The SMILES string of the molecule is Cc1cc(C)c(-c2cc(C(F)(F)F)[nH]n2)cc1C. The number of hydrogen-bond donors (Lipinski definition) is 1. The van der Waals surface area contributed by atoms with Gasteiger partial charge in [0.2, 0.25) is 0 Å². The molecule has 2 aromatic rings. The van der Waals surface area contributed by atoms with Gasteiger partial charge in [-0.25, -0.2) is 0 Å². The zero-order valence-electron chi connectivity index (χ0n) is 10.3. The molecule has 0 bridgehead atoms. The van der Waals surface area contributed by atoms with Crippen molar-refractivity contribution in [1.82, 2.24) is 10.2 Å². The van der Waals surface area contributed by atoms with E-state index in [4.69, 9.17) is 0 Å². The van der Waals surface area contributed by atoms with Crippen LogP contribution in [0.2, 0.25) is 0 Å². The number of aromatic amines is 1. The average molecular weight is 254 g/mol. The predicted octanol–water partition coefficient (Wildman–Crippen LogP) is 4.02. The highest BCUT2D eigenvalue weighted by atomic mass is 19.4. The Bertz CT molecular complexity index is 582. The summed E-state index contributed by atoms with van der Waals surface area (Å²) in [7, 11) is 0. The first kappa shape index (κ1) is 12.7. The number of nitrogens with zero attached hydrogens (tertiary/aromatic N) is 1. The van der Waals surface area contributed by atoms with Gasteiger partial charge in [0, 0.05) is 5.56 Å². The van der Waals surface area contributed by atoms with Gasteiger partial charge in [0.1, 0.15) is 5.69 Å². The standard InChI is InChI=1S/C13H13F3N2/c1-7-4-9(3)10(5-8(7)2)11-6-12(18-17-11)13(14,15)16/h4-6H,1-3H3,(H,17,18). The number of benzene rings is 1. The lowest BCUT2D eigenvalue weighted by Crippen LogP contribution is -2.04. The van der Waals surface area contributed by atoms with Gasteiger partial charge < -0.3 is 0 Å². The van der Waals surface area contributed by atoms with Crippen molar-refractivity contribution in [1.29, 1.82) is 0 Å². The van der Waals surface area contributed by atoms with Crippen molar-refractivity contribution in [2.75, 3.05) is 0 Å². The summed E-state index contributed by atoms with van der Waals surface area (Å²) >= 11 is 0. The van der Waals surface area contributed by atoms with Gasteiger partial charge in [-0.1, -0.05) is 6.07 Å². The van der Waals surface area contributed by atoms with Crippen molar-refractivity contribution in [3.05, 3.63) is 40.6 Å². The molecule has 1 aromatic heterocycles. The van der Waals surface area contributed by atoms with Crippen LogP contribution >= 0.6 is 0 Å². The summed E-state index contributed by atoms with van der Waals surface area (Å²) in [6.07, 6.45) is -4.39. The van der Waals surface area contributed by atoms with E-state index in [-0.39, 0.29) is 0 Å². The molecule has 1 aromatic carbocycles.